The van der Waals surface area contributed by atoms with Gasteiger partial charge in [-0.25, -0.2) is 4.79 Å². The first-order chi connectivity index (χ1) is 7.99. The Morgan fingerprint density at radius 2 is 2.00 bits per heavy atom. The van der Waals surface area contributed by atoms with Crippen LogP contribution in [0.25, 0.3) is 10.4 Å². The standard InChI is InChI=1S/C11H7Cl2NO2S/c12-5-1-2-6(7(13)3-5)9-4-8(14)10(17-9)11(15)16/h1-4H,14H2,(H,15,16). The van der Waals surface area contributed by atoms with Crippen LogP contribution in [0.2, 0.25) is 10.0 Å². The summed E-state index contributed by atoms with van der Waals surface area (Å²) in [7, 11) is 0. The third-order valence-electron chi connectivity index (χ3n) is 2.15. The highest BCUT2D eigenvalue weighted by Crippen LogP contribution is 2.37. The maximum Gasteiger partial charge on any atom is 0.348 e. The number of hydrogen-bond acceptors (Lipinski definition) is 3. The number of nitrogen functional groups attached to an aromatic ring is 1. The molecule has 6 heteroatoms. The largest absolute Gasteiger partial charge is 0.477 e. The molecule has 0 saturated carbocycles. The van der Waals surface area contributed by atoms with Crippen molar-refractivity contribution >= 4 is 46.2 Å². The Hall–Kier alpha value is -1.23. The number of carbonyl (C=O) groups is 1. The third-order valence-corrected chi connectivity index (χ3v) is 3.87. The van der Waals surface area contributed by atoms with Crippen molar-refractivity contribution in [2.45, 2.75) is 0 Å². The van der Waals surface area contributed by atoms with Gasteiger partial charge in [0.15, 0.2) is 0 Å². The van der Waals surface area contributed by atoms with Gasteiger partial charge in [0.05, 0.1) is 10.7 Å². The summed E-state index contributed by atoms with van der Waals surface area (Å²) >= 11 is 12.9. The molecule has 0 fully saturated rings. The number of carboxylic acid groups (broad SMARTS) is 1. The molecular formula is C11H7Cl2NO2S. The minimum absolute atomic E-state index is 0.117. The molecule has 2 aromatic rings. The fraction of sp³-hybridized carbons (Fsp3) is 0. The highest BCUT2D eigenvalue weighted by molar-refractivity contribution is 7.18. The van der Waals surface area contributed by atoms with Gasteiger partial charge >= 0.3 is 5.97 Å². The van der Waals surface area contributed by atoms with Crippen molar-refractivity contribution in [3.05, 3.63) is 39.2 Å². The Morgan fingerprint density at radius 1 is 1.29 bits per heavy atom. The molecule has 0 amide bonds. The van der Waals surface area contributed by atoms with Crippen LogP contribution < -0.4 is 5.73 Å². The van der Waals surface area contributed by atoms with Crippen LogP contribution in [0.15, 0.2) is 24.3 Å². The first-order valence-electron chi connectivity index (χ1n) is 4.57. The lowest BCUT2D eigenvalue weighted by Gasteiger charge is -2.00. The molecule has 0 aliphatic carbocycles. The summed E-state index contributed by atoms with van der Waals surface area (Å²) in [6.07, 6.45) is 0. The van der Waals surface area contributed by atoms with Crippen LogP contribution in [-0.4, -0.2) is 11.1 Å². The average Bonchev–Trinajstić information content (AvgIpc) is 2.60. The molecule has 0 bridgehead atoms. The lowest BCUT2D eigenvalue weighted by Crippen LogP contribution is -1.96. The zero-order valence-electron chi connectivity index (χ0n) is 8.41. The first-order valence-corrected chi connectivity index (χ1v) is 6.14. The number of nitrogens with two attached hydrogens (primary N) is 1. The van der Waals surface area contributed by atoms with Crippen LogP contribution >= 0.6 is 34.5 Å². The predicted octanol–water partition coefficient (Wildman–Crippen LogP) is 4.00. The molecule has 0 spiro atoms. The number of carboxylic acids is 1. The number of hydrogen-bond donors (Lipinski definition) is 2. The Labute approximate surface area is 111 Å². The molecule has 3 N–H and O–H groups in total. The molecule has 1 aromatic heterocycles. The van der Waals surface area contributed by atoms with Crippen molar-refractivity contribution in [3.8, 4) is 10.4 Å². The van der Waals surface area contributed by atoms with E-state index in [9.17, 15) is 4.79 Å². The van der Waals surface area contributed by atoms with Gasteiger partial charge in [0.1, 0.15) is 4.88 Å². The first kappa shape index (κ1) is 12.2. The lowest BCUT2D eigenvalue weighted by atomic mass is 10.2. The maximum absolute atomic E-state index is 10.9. The van der Waals surface area contributed by atoms with Gasteiger partial charge in [-0.05, 0) is 18.2 Å². The summed E-state index contributed by atoms with van der Waals surface area (Å²) in [6.45, 7) is 0. The molecular weight excluding hydrogens is 281 g/mol. The van der Waals surface area contributed by atoms with Gasteiger partial charge in [0.25, 0.3) is 0 Å². The lowest BCUT2D eigenvalue weighted by molar-refractivity contribution is 0.0703. The van der Waals surface area contributed by atoms with Gasteiger partial charge in [-0.15, -0.1) is 11.3 Å². The number of thiophene rings is 1. The fourth-order valence-corrected chi connectivity index (χ4v) is 2.92. The van der Waals surface area contributed by atoms with E-state index in [4.69, 9.17) is 34.0 Å². The molecule has 88 valence electrons. The Balaban J connectivity index is 2.53. The molecule has 17 heavy (non-hydrogen) atoms. The number of benzene rings is 1. The van der Waals surface area contributed by atoms with Gasteiger partial charge < -0.3 is 10.8 Å². The molecule has 1 aromatic carbocycles. The van der Waals surface area contributed by atoms with Crippen molar-refractivity contribution < 1.29 is 9.90 Å². The summed E-state index contributed by atoms with van der Waals surface area (Å²) in [6, 6.07) is 6.64. The van der Waals surface area contributed by atoms with Crippen LogP contribution in [0, 0.1) is 0 Å². The summed E-state index contributed by atoms with van der Waals surface area (Å²) < 4.78 is 0. The van der Waals surface area contributed by atoms with Crippen LogP contribution in [0.3, 0.4) is 0 Å². The van der Waals surface area contributed by atoms with Crippen molar-refractivity contribution in [1.29, 1.82) is 0 Å². The molecule has 1 heterocycles. The molecule has 0 saturated heterocycles. The zero-order chi connectivity index (χ0) is 12.6. The number of halogens is 2. The minimum atomic E-state index is -1.04. The summed E-state index contributed by atoms with van der Waals surface area (Å²) in [5, 5.41) is 9.91. The van der Waals surface area contributed by atoms with E-state index in [0.717, 1.165) is 16.9 Å². The SMILES string of the molecule is Nc1cc(-c2ccc(Cl)cc2Cl)sc1C(=O)O. The van der Waals surface area contributed by atoms with Crippen molar-refractivity contribution in [1.82, 2.24) is 0 Å². The highest BCUT2D eigenvalue weighted by Gasteiger charge is 2.15. The van der Waals surface area contributed by atoms with Crippen molar-refractivity contribution in [3.63, 3.8) is 0 Å². The molecule has 0 aliphatic heterocycles. The van der Waals surface area contributed by atoms with Crippen LogP contribution in [-0.2, 0) is 0 Å². The second-order valence-electron chi connectivity index (χ2n) is 3.32. The monoisotopic (exact) mass is 287 g/mol. The van der Waals surface area contributed by atoms with E-state index in [1.54, 1.807) is 24.3 Å². The van der Waals surface area contributed by atoms with E-state index >= 15 is 0 Å². The molecule has 3 nitrogen and oxygen atoms in total. The highest BCUT2D eigenvalue weighted by atomic mass is 35.5. The summed E-state index contributed by atoms with van der Waals surface area (Å²) in [5.41, 5.74) is 6.58. The molecule has 0 unspecified atom stereocenters. The second kappa shape index (κ2) is 4.56. The van der Waals surface area contributed by atoms with E-state index < -0.39 is 5.97 Å². The predicted molar refractivity (Wildman–Crippen MR) is 71.1 cm³/mol. The maximum atomic E-state index is 10.9. The van der Waals surface area contributed by atoms with Crippen LogP contribution in [0.1, 0.15) is 9.67 Å². The quantitative estimate of drug-likeness (QED) is 0.877. The number of aromatic carboxylic acids is 1. The molecule has 2 rings (SSSR count). The second-order valence-corrected chi connectivity index (χ2v) is 5.22. The topological polar surface area (TPSA) is 63.3 Å². The van der Waals surface area contributed by atoms with Crippen LogP contribution in [0.4, 0.5) is 5.69 Å². The van der Waals surface area contributed by atoms with Gasteiger partial charge in [0, 0.05) is 15.5 Å². The van der Waals surface area contributed by atoms with Gasteiger partial charge in [0.2, 0.25) is 0 Å². The smallest absolute Gasteiger partial charge is 0.348 e. The third kappa shape index (κ3) is 2.39. The summed E-state index contributed by atoms with van der Waals surface area (Å²) in [4.78, 5) is 11.7. The molecule has 0 atom stereocenters. The average molecular weight is 288 g/mol. The molecule has 0 radical (unpaired) electrons. The zero-order valence-corrected chi connectivity index (χ0v) is 10.7. The van der Waals surface area contributed by atoms with E-state index in [2.05, 4.69) is 0 Å². The normalized spacial score (nSPS) is 10.5. The van der Waals surface area contributed by atoms with E-state index in [1.165, 1.54) is 0 Å². The Kier molecular flexibility index (Phi) is 3.28. The van der Waals surface area contributed by atoms with Crippen molar-refractivity contribution in [2.75, 3.05) is 5.73 Å². The minimum Gasteiger partial charge on any atom is -0.477 e. The fourth-order valence-electron chi connectivity index (χ4n) is 1.39. The van der Waals surface area contributed by atoms with E-state index in [-0.39, 0.29) is 10.6 Å². The van der Waals surface area contributed by atoms with Gasteiger partial charge in [-0.2, -0.15) is 0 Å². The van der Waals surface area contributed by atoms with Crippen LogP contribution in [0.5, 0.6) is 0 Å². The van der Waals surface area contributed by atoms with Gasteiger partial charge in [-0.1, -0.05) is 29.3 Å². The van der Waals surface area contributed by atoms with E-state index in [1.807, 2.05) is 0 Å². The van der Waals surface area contributed by atoms with Gasteiger partial charge in [-0.3, -0.25) is 0 Å². The van der Waals surface area contributed by atoms with Crippen molar-refractivity contribution in [2.24, 2.45) is 0 Å². The van der Waals surface area contributed by atoms with E-state index in [0.29, 0.717) is 14.9 Å². The number of anilines is 1. The Morgan fingerprint density at radius 3 is 2.53 bits per heavy atom. The Bertz CT molecular complexity index is 595. The summed E-state index contributed by atoms with van der Waals surface area (Å²) in [5.74, 6) is -1.04. The number of rotatable bonds is 2. The molecule has 0 aliphatic rings.